The quantitative estimate of drug-likeness (QED) is 0.436. The zero-order valence-corrected chi connectivity index (χ0v) is 18.3. The van der Waals surface area contributed by atoms with Gasteiger partial charge in [-0.3, -0.25) is 9.59 Å². The van der Waals surface area contributed by atoms with Crippen LogP contribution in [0.4, 0.5) is 0 Å². The number of aryl methyl sites for hydroxylation is 2. The summed E-state index contributed by atoms with van der Waals surface area (Å²) in [6.07, 6.45) is 2.31. The van der Waals surface area contributed by atoms with E-state index in [1.54, 1.807) is 42.1 Å². The van der Waals surface area contributed by atoms with Gasteiger partial charge in [-0.2, -0.15) is 11.8 Å². The number of ether oxygens (including phenoxy) is 2. The van der Waals surface area contributed by atoms with E-state index >= 15 is 0 Å². The van der Waals surface area contributed by atoms with Crippen molar-refractivity contribution in [1.29, 1.82) is 0 Å². The molecule has 2 rings (SSSR count). The van der Waals surface area contributed by atoms with Gasteiger partial charge in [0, 0.05) is 5.56 Å². The first kappa shape index (κ1) is 23.5. The van der Waals surface area contributed by atoms with Crippen LogP contribution < -0.4 is 10.1 Å². The van der Waals surface area contributed by atoms with Gasteiger partial charge in [0.2, 0.25) is 5.78 Å². The number of rotatable bonds is 11. The summed E-state index contributed by atoms with van der Waals surface area (Å²) < 4.78 is 10.6. The van der Waals surface area contributed by atoms with Crippen LogP contribution in [0, 0.1) is 13.8 Å². The topological polar surface area (TPSA) is 81.7 Å². The molecule has 0 bridgehead atoms. The predicted octanol–water partition coefficient (Wildman–Crippen LogP) is 3.35. The molecule has 2 aromatic carbocycles. The largest absolute Gasteiger partial charge is 0.484 e. The van der Waals surface area contributed by atoms with Crippen molar-refractivity contribution < 1.29 is 23.9 Å². The van der Waals surface area contributed by atoms with Crippen LogP contribution in [0.2, 0.25) is 0 Å². The summed E-state index contributed by atoms with van der Waals surface area (Å²) in [6, 6.07) is 13.7. The highest BCUT2D eigenvalue weighted by molar-refractivity contribution is 7.98. The zero-order valence-electron chi connectivity index (χ0n) is 17.5. The van der Waals surface area contributed by atoms with Crippen molar-refractivity contribution in [2.45, 2.75) is 26.3 Å². The first-order valence-electron chi connectivity index (χ1n) is 9.64. The van der Waals surface area contributed by atoms with Gasteiger partial charge in [0.15, 0.2) is 13.2 Å². The summed E-state index contributed by atoms with van der Waals surface area (Å²) in [5.41, 5.74) is 2.31. The maximum absolute atomic E-state index is 12.5. The highest BCUT2D eigenvalue weighted by atomic mass is 32.2. The van der Waals surface area contributed by atoms with E-state index in [0.29, 0.717) is 23.5 Å². The number of nitrogens with one attached hydrogen (secondary N) is 1. The van der Waals surface area contributed by atoms with Gasteiger partial charge in [-0.1, -0.05) is 35.9 Å². The third kappa shape index (κ3) is 7.55. The van der Waals surface area contributed by atoms with Gasteiger partial charge in [-0.05, 0) is 56.0 Å². The van der Waals surface area contributed by atoms with Gasteiger partial charge in [0.25, 0.3) is 5.91 Å². The first-order chi connectivity index (χ1) is 14.4. The molecule has 1 atom stereocenters. The van der Waals surface area contributed by atoms with Gasteiger partial charge < -0.3 is 14.8 Å². The number of amides is 1. The molecule has 1 amide bonds. The fourth-order valence-corrected chi connectivity index (χ4v) is 3.21. The van der Waals surface area contributed by atoms with Crippen LogP contribution in [0.5, 0.6) is 5.75 Å². The molecule has 0 radical (unpaired) electrons. The van der Waals surface area contributed by atoms with E-state index in [2.05, 4.69) is 5.32 Å². The average Bonchev–Trinajstić information content (AvgIpc) is 2.75. The SMILES string of the molecule is CSCCC(NC(=O)COc1ccccc1)C(=O)OCC(=O)c1cc(C)ccc1C. The molecule has 0 aliphatic heterocycles. The van der Waals surface area contributed by atoms with E-state index in [4.69, 9.17) is 9.47 Å². The second-order valence-corrected chi connectivity index (χ2v) is 7.84. The molecule has 30 heavy (non-hydrogen) atoms. The number of thioether (sulfide) groups is 1. The molecule has 160 valence electrons. The Bertz CT molecular complexity index is 869. The van der Waals surface area contributed by atoms with Gasteiger partial charge in [-0.15, -0.1) is 0 Å². The summed E-state index contributed by atoms with van der Waals surface area (Å²) in [5.74, 6) is -0.106. The minimum atomic E-state index is -0.837. The number of benzene rings is 2. The van der Waals surface area contributed by atoms with Crippen molar-refractivity contribution in [1.82, 2.24) is 5.32 Å². The molecule has 2 aromatic rings. The molecule has 1 unspecified atom stereocenters. The minimum absolute atomic E-state index is 0.214. The number of hydrogen-bond acceptors (Lipinski definition) is 6. The van der Waals surface area contributed by atoms with Gasteiger partial charge in [0.05, 0.1) is 0 Å². The molecule has 0 saturated carbocycles. The third-order valence-corrected chi connectivity index (χ3v) is 5.03. The normalized spacial score (nSPS) is 11.4. The molecule has 0 spiro atoms. The van der Waals surface area contributed by atoms with Crippen LogP contribution in [0.3, 0.4) is 0 Å². The number of esters is 1. The lowest BCUT2D eigenvalue weighted by Gasteiger charge is -2.17. The second-order valence-electron chi connectivity index (χ2n) is 6.85. The van der Waals surface area contributed by atoms with Gasteiger partial charge in [-0.25, -0.2) is 4.79 Å². The van der Waals surface area contributed by atoms with E-state index in [-0.39, 0.29) is 19.0 Å². The molecule has 1 N–H and O–H groups in total. The fraction of sp³-hybridized carbons (Fsp3) is 0.348. The molecule has 0 saturated heterocycles. The van der Waals surface area contributed by atoms with Crippen molar-refractivity contribution in [3.05, 3.63) is 65.2 Å². The smallest absolute Gasteiger partial charge is 0.329 e. The van der Waals surface area contributed by atoms with Crippen LogP contribution in [0.1, 0.15) is 27.9 Å². The number of carbonyl (C=O) groups is 3. The Labute approximate surface area is 181 Å². The first-order valence-corrected chi connectivity index (χ1v) is 11.0. The van der Waals surface area contributed by atoms with Crippen molar-refractivity contribution in [2.75, 3.05) is 25.2 Å². The standard InChI is InChI=1S/C23H27NO5S/c1-16-9-10-17(2)19(13-16)21(25)14-29-23(27)20(11-12-30-3)24-22(26)15-28-18-7-5-4-6-8-18/h4-10,13,20H,11-12,14-15H2,1-3H3,(H,24,26). The van der Waals surface area contributed by atoms with Gasteiger partial charge in [0.1, 0.15) is 11.8 Å². The van der Waals surface area contributed by atoms with Crippen LogP contribution in [0.15, 0.2) is 48.5 Å². The summed E-state index contributed by atoms with van der Waals surface area (Å²) >= 11 is 1.55. The fourth-order valence-electron chi connectivity index (χ4n) is 2.74. The lowest BCUT2D eigenvalue weighted by atomic mass is 10.0. The second kappa shape index (κ2) is 12.0. The highest BCUT2D eigenvalue weighted by Crippen LogP contribution is 2.12. The molecular formula is C23H27NO5S. The zero-order chi connectivity index (χ0) is 21.9. The Balaban J connectivity index is 1.91. The predicted molar refractivity (Wildman–Crippen MR) is 118 cm³/mol. The van der Waals surface area contributed by atoms with Crippen molar-refractivity contribution in [2.24, 2.45) is 0 Å². The van der Waals surface area contributed by atoms with E-state index in [9.17, 15) is 14.4 Å². The lowest BCUT2D eigenvalue weighted by molar-refractivity contribution is -0.147. The summed E-state index contributed by atoms with van der Waals surface area (Å²) in [7, 11) is 0. The van der Waals surface area contributed by atoms with Crippen LogP contribution in [-0.4, -0.2) is 48.9 Å². The Morgan fingerprint density at radius 3 is 2.47 bits per heavy atom. The number of para-hydroxylation sites is 1. The van der Waals surface area contributed by atoms with E-state index in [0.717, 1.165) is 11.1 Å². The summed E-state index contributed by atoms with van der Waals surface area (Å²) in [5, 5.41) is 2.64. The molecule has 0 aliphatic carbocycles. The van der Waals surface area contributed by atoms with Crippen molar-refractivity contribution in [3.63, 3.8) is 0 Å². The van der Waals surface area contributed by atoms with Crippen LogP contribution in [0.25, 0.3) is 0 Å². The van der Waals surface area contributed by atoms with Crippen LogP contribution in [-0.2, 0) is 14.3 Å². The van der Waals surface area contributed by atoms with Crippen molar-refractivity contribution in [3.8, 4) is 5.75 Å². The molecule has 0 heterocycles. The minimum Gasteiger partial charge on any atom is -0.484 e. The number of ketones is 1. The number of hydrogen-bond donors (Lipinski definition) is 1. The summed E-state index contributed by atoms with van der Waals surface area (Å²) in [4.78, 5) is 37.2. The number of carbonyl (C=O) groups excluding carboxylic acids is 3. The molecule has 0 aliphatic rings. The monoisotopic (exact) mass is 429 g/mol. The number of Topliss-reactive ketones (excluding diaryl/α,β-unsaturated/α-hetero) is 1. The molecular weight excluding hydrogens is 402 g/mol. The van der Waals surface area contributed by atoms with E-state index in [1.165, 1.54) is 0 Å². The third-order valence-electron chi connectivity index (χ3n) is 4.38. The van der Waals surface area contributed by atoms with E-state index in [1.807, 2.05) is 38.3 Å². The van der Waals surface area contributed by atoms with E-state index < -0.39 is 17.9 Å². The Hall–Kier alpha value is -2.80. The van der Waals surface area contributed by atoms with Crippen molar-refractivity contribution >= 4 is 29.4 Å². The Kier molecular flexibility index (Phi) is 9.41. The highest BCUT2D eigenvalue weighted by Gasteiger charge is 2.23. The molecule has 0 fully saturated rings. The molecule has 7 heteroatoms. The Morgan fingerprint density at radius 1 is 1.03 bits per heavy atom. The summed E-state index contributed by atoms with van der Waals surface area (Å²) in [6.45, 7) is 3.15. The maximum atomic E-state index is 12.5. The molecule has 0 aromatic heterocycles. The lowest BCUT2D eigenvalue weighted by Crippen LogP contribution is -2.44. The molecule has 6 nitrogen and oxygen atoms in total. The average molecular weight is 430 g/mol. The van der Waals surface area contributed by atoms with Gasteiger partial charge >= 0.3 is 5.97 Å². The maximum Gasteiger partial charge on any atom is 0.329 e. The Morgan fingerprint density at radius 2 is 1.77 bits per heavy atom. The van der Waals surface area contributed by atoms with Crippen LogP contribution >= 0.6 is 11.8 Å².